The zero-order valence-electron chi connectivity index (χ0n) is 10.5. The van der Waals surface area contributed by atoms with Crippen molar-refractivity contribution in [1.82, 2.24) is 4.90 Å². The van der Waals surface area contributed by atoms with Crippen molar-refractivity contribution >= 4 is 17.2 Å². The lowest BCUT2D eigenvalue weighted by Crippen LogP contribution is -2.25. The average Bonchev–Trinajstić information content (AvgIpc) is 2.56. The summed E-state index contributed by atoms with van der Waals surface area (Å²) in [6, 6.07) is 6.39. The second kappa shape index (κ2) is 5.62. The van der Waals surface area contributed by atoms with Crippen molar-refractivity contribution in [2.45, 2.75) is 25.7 Å². The Morgan fingerprint density at radius 2 is 1.94 bits per heavy atom. The van der Waals surface area contributed by atoms with Crippen LogP contribution in [-0.2, 0) is 0 Å². The van der Waals surface area contributed by atoms with Crippen LogP contribution >= 0.6 is 0 Å². The monoisotopic (exact) mass is 247 g/mol. The maximum absolute atomic E-state index is 10.6. The smallest absolute Gasteiger partial charge is 0.269 e. The summed E-state index contributed by atoms with van der Waals surface area (Å²) in [5.74, 6) is 1.07. The zero-order chi connectivity index (χ0) is 13.0. The molecule has 2 rings (SSSR count). The van der Waals surface area contributed by atoms with E-state index in [-0.39, 0.29) is 5.69 Å². The largest absolute Gasteiger partial charge is 0.363 e. The van der Waals surface area contributed by atoms with Crippen LogP contribution in [-0.4, -0.2) is 29.3 Å². The van der Waals surface area contributed by atoms with Gasteiger partial charge in [-0.1, -0.05) is 6.42 Å². The molecule has 5 heteroatoms. The molecule has 1 aromatic carbocycles. The fraction of sp³-hybridized carbons (Fsp3) is 0.462. The van der Waals surface area contributed by atoms with Gasteiger partial charge >= 0.3 is 0 Å². The molecule has 1 aromatic rings. The zero-order valence-corrected chi connectivity index (χ0v) is 10.5. The predicted octanol–water partition coefficient (Wildman–Crippen LogP) is 3.13. The summed E-state index contributed by atoms with van der Waals surface area (Å²) in [7, 11) is 2.05. The SMILES string of the molecule is CN1CCCCCC1=Nc1ccc([N+](=O)[O-])cc1. The number of hydrogen-bond acceptors (Lipinski definition) is 3. The Hall–Kier alpha value is -1.91. The third kappa shape index (κ3) is 3.06. The highest BCUT2D eigenvalue weighted by Crippen LogP contribution is 2.20. The van der Waals surface area contributed by atoms with Crippen molar-refractivity contribution < 1.29 is 4.92 Å². The van der Waals surface area contributed by atoms with Crippen molar-refractivity contribution in [3.63, 3.8) is 0 Å². The van der Waals surface area contributed by atoms with E-state index in [1.807, 2.05) is 0 Å². The Balaban J connectivity index is 2.17. The molecule has 1 fully saturated rings. The van der Waals surface area contributed by atoms with Crippen molar-refractivity contribution in [3.05, 3.63) is 34.4 Å². The molecule has 0 N–H and O–H groups in total. The first-order valence-corrected chi connectivity index (χ1v) is 6.20. The molecule has 1 heterocycles. The second-order valence-electron chi connectivity index (χ2n) is 4.53. The Morgan fingerprint density at radius 3 is 2.61 bits per heavy atom. The molecule has 0 saturated carbocycles. The first-order valence-electron chi connectivity index (χ1n) is 6.20. The molecular weight excluding hydrogens is 230 g/mol. The van der Waals surface area contributed by atoms with Crippen LogP contribution in [0.5, 0.6) is 0 Å². The number of benzene rings is 1. The fourth-order valence-electron chi connectivity index (χ4n) is 2.07. The minimum absolute atomic E-state index is 0.105. The average molecular weight is 247 g/mol. The summed E-state index contributed by atoms with van der Waals surface area (Å²) in [5, 5.41) is 10.6. The third-order valence-corrected chi connectivity index (χ3v) is 3.15. The molecule has 1 saturated heterocycles. The lowest BCUT2D eigenvalue weighted by Gasteiger charge is -2.17. The molecule has 0 amide bonds. The van der Waals surface area contributed by atoms with Gasteiger partial charge in [0.05, 0.1) is 10.6 Å². The van der Waals surface area contributed by atoms with Crippen molar-refractivity contribution in [3.8, 4) is 0 Å². The number of non-ortho nitro benzene ring substituents is 1. The molecule has 0 bridgehead atoms. The second-order valence-corrected chi connectivity index (χ2v) is 4.53. The molecule has 0 radical (unpaired) electrons. The minimum Gasteiger partial charge on any atom is -0.363 e. The number of nitrogens with zero attached hydrogens (tertiary/aromatic N) is 3. The number of rotatable bonds is 2. The Bertz CT molecular complexity index is 454. The highest BCUT2D eigenvalue weighted by Gasteiger charge is 2.11. The Kier molecular flexibility index (Phi) is 3.92. The number of nitro benzene ring substituents is 1. The highest BCUT2D eigenvalue weighted by atomic mass is 16.6. The Labute approximate surface area is 106 Å². The summed E-state index contributed by atoms with van der Waals surface area (Å²) in [5.41, 5.74) is 0.887. The molecule has 5 nitrogen and oxygen atoms in total. The molecule has 96 valence electrons. The van der Waals surface area contributed by atoms with E-state index in [9.17, 15) is 10.1 Å². The molecule has 0 aromatic heterocycles. The lowest BCUT2D eigenvalue weighted by molar-refractivity contribution is -0.384. The van der Waals surface area contributed by atoms with Crippen molar-refractivity contribution in [2.24, 2.45) is 4.99 Å². The number of nitro groups is 1. The molecule has 0 atom stereocenters. The van der Waals surface area contributed by atoms with E-state index in [2.05, 4.69) is 16.9 Å². The van der Waals surface area contributed by atoms with Gasteiger partial charge in [0.15, 0.2) is 0 Å². The minimum atomic E-state index is -0.394. The van der Waals surface area contributed by atoms with E-state index < -0.39 is 4.92 Å². The summed E-state index contributed by atoms with van der Waals surface area (Å²) in [6.07, 6.45) is 4.59. The number of hydrogen-bond donors (Lipinski definition) is 0. The van der Waals surface area contributed by atoms with E-state index in [4.69, 9.17) is 0 Å². The molecule has 0 aliphatic carbocycles. The van der Waals surface area contributed by atoms with Crippen molar-refractivity contribution in [2.75, 3.05) is 13.6 Å². The maximum Gasteiger partial charge on any atom is 0.269 e. The lowest BCUT2D eigenvalue weighted by atomic mass is 10.2. The van der Waals surface area contributed by atoms with Crippen molar-refractivity contribution in [1.29, 1.82) is 0 Å². The van der Waals surface area contributed by atoms with Gasteiger partial charge in [-0.2, -0.15) is 0 Å². The molecule has 1 aliphatic heterocycles. The molecule has 1 aliphatic rings. The molecule has 18 heavy (non-hydrogen) atoms. The molecule has 0 unspecified atom stereocenters. The summed E-state index contributed by atoms with van der Waals surface area (Å²) < 4.78 is 0. The first kappa shape index (κ1) is 12.5. The number of likely N-dealkylation sites (tertiary alicyclic amines) is 1. The van der Waals surface area contributed by atoms with Gasteiger partial charge in [-0.05, 0) is 25.0 Å². The van der Waals surface area contributed by atoms with E-state index in [0.29, 0.717) is 0 Å². The van der Waals surface area contributed by atoms with Gasteiger partial charge in [-0.25, -0.2) is 4.99 Å². The first-order chi connectivity index (χ1) is 8.66. The van der Waals surface area contributed by atoms with Crippen LogP contribution in [0.3, 0.4) is 0 Å². The van der Waals surface area contributed by atoms with E-state index in [1.165, 1.54) is 25.0 Å². The highest BCUT2D eigenvalue weighted by molar-refractivity contribution is 5.84. The number of amidine groups is 1. The molecular formula is C13H17N3O2. The fourth-order valence-corrected chi connectivity index (χ4v) is 2.07. The molecule has 0 spiro atoms. The van der Waals surface area contributed by atoms with Crippen LogP contribution in [0.4, 0.5) is 11.4 Å². The summed E-state index contributed by atoms with van der Waals surface area (Å²) >= 11 is 0. The summed E-state index contributed by atoms with van der Waals surface area (Å²) in [4.78, 5) is 16.9. The van der Waals surface area contributed by atoms with Crippen LogP contribution in [0.15, 0.2) is 29.3 Å². The van der Waals surface area contributed by atoms with E-state index >= 15 is 0 Å². The van der Waals surface area contributed by atoms with E-state index in [0.717, 1.165) is 30.9 Å². The van der Waals surface area contributed by atoms with Gasteiger partial charge in [0.2, 0.25) is 0 Å². The van der Waals surface area contributed by atoms with Gasteiger partial charge in [0, 0.05) is 32.1 Å². The quantitative estimate of drug-likeness (QED) is 0.596. The Morgan fingerprint density at radius 1 is 1.22 bits per heavy atom. The van der Waals surface area contributed by atoms with Crippen LogP contribution < -0.4 is 0 Å². The normalized spacial score (nSPS) is 18.7. The van der Waals surface area contributed by atoms with Gasteiger partial charge in [0.1, 0.15) is 5.84 Å². The van der Waals surface area contributed by atoms with Crippen LogP contribution in [0.2, 0.25) is 0 Å². The predicted molar refractivity (Wildman–Crippen MR) is 71.3 cm³/mol. The number of aliphatic imine (C=N–C) groups is 1. The topological polar surface area (TPSA) is 58.7 Å². The maximum atomic E-state index is 10.6. The summed E-state index contributed by atoms with van der Waals surface area (Å²) in [6.45, 7) is 1.03. The third-order valence-electron chi connectivity index (χ3n) is 3.15. The van der Waals surface area contributed by atoms with Gasteiger partial charge in [-0.3, -0.25) is 10.1 Å². The van der Waals surface area contributed by atoms with Crippen LogP contribution in [0.1, 0.15) is 25.7 Å². The van der Waals surface area contributed by atoms with Crippen LogP contribution in [0, 0.1) is 10.1 Å². The van der Waals surface area contributed by atoms with E-state index in [1.54, 1.807) is 12.1 Å². The van der Waals surface area contributed by atoms with Gasteiger partial charge < -0.3 is 4.90 Å². The van der Waals surface area contributed by atoms with Crippen LogP contribution in [0.25, 0.3) is 0 Å². The van der Waals surface area contributed by atoms with Gasteiger partial charge in [0.25, 0.3) is 5.69 Å². The standard InChI is InChI=1S/C13H17N3O2/c1-15-10-4-2-3-5-13(15)14-11-6-8-12(9-7-11)16(17)18/h6-9H,2-5,10H2,1H3. The van der Waals surface area contributed by atoms with Gasteiger partial charge in [-0.15, -0.1) is 0 Å².